The van der Waals surface area contributed by atoms with E-state index in [0.29, 0.717) is 0 Å². The third kappa shape index (κ3) is 2.13. The molecule has 1 aromatic rings. The molecule has 0 aliphatic rings. The zero-order valence-corrected chi connectivity index (χ0v) is 7.89. The third-order valence-corrected chi connectivity index (χ3v) is 1.87. The molecule has 1 nitrogen and oxygen atoms in total. The van der Waals surface area contributed by atoms with Crippen LogP contribution in [0.4, 0.5) is 26.3 Å². The maximum atomic E-state index is 12.8. The van der Waals surface area contributed by atoms with Crippen LogP contribution in [0.1, 0.15) is 15.9 Å². The van der Waals surface area contributed by atoms with Crippen LogP contribution in [-0.2, 0) is 6.18 Å². The molecule has 0 aromatic heterocycles. The monoisotopic (exact) mass is 262 g/mol. The van der Waals surface area contributed by atoms with Crippen molar-refractivity contribution in [2.75, 3.05) is 0 Å². The van der Waals surface area contributed by atoms with Crippen LogP contribution < -0.4 is 0 Å². The number of carbonyl (C=O) groups excluding carboxylic acids is 1. The predicted octanol–water partition coefficient (Wildman–Crippen LogP) is 3.50. The van der Waals surface area contributed by atoms with Gasteiger partial charge in [-0.15, -0.1) is 0 Å². The van der Waals surface area contributed by atoms with Crippen LogP contribution in [0.2, 0.25) is 0 Å². The lowest BCUT2D eigenvalue weighted by Crippen LogP contribution is -2.13. The van der Waals surface area contributed by atoms with E-state index >= 15 is 0 Å². The highest BCUT2D eigenvalue weighted by Gasteiger charge is 2.38. The summed E-state index contributed by atoms with van der Waals surface area (Å²) in [5.41, 5.74) is -3.46. The molecule has 0 radical (unpaired) electrons. The van der Waals surface area contributed by atoms with Crippen LogP contribution >= 0.6 is 11.6 Å². The summed E-state index contributed by atoms with van der Waals surface area (Å²) in [6, 6.07) is -0.178. The standard InChI is InChI=1S/C8HClF6O/c9-7(16)2-1-3(8(13,14)15)5(11)6(12)4(2)10/h1H. The van der Waals surface area contributed by atoms with Crippen molar-refractivity contribution >= 4 is 16.8 Å². The van der Waals surface area contributed by atoms with Gasteiger partial charge in [-0.2, -0.15) is 13.2 Å². The van der Waals surface area contributed by atoms with Crippen LogP contribution in [0.15, 0.2) is 6.07 Å². The van der Waals surface area contributed by atoms with Crippen molar-refractivity contribution in [2.24, 2.45) is 0 Å². The molecule has 0 unspecified atom stereocenters. The number of rotatable bonds is 1. The Morgan fingerprint density at radius 3 is 1.94 bits per heavy atom. The van der Waals surface area contributed by atoms with Crippen LogP contribution in [-0.4, -0.2) is 5.24 Å². The highest BCUT2D eigenvalue weighted by Crippen LogP contribution is 2.34. The second-order valence-corrected chi connectivity index (χ2v) is 3.03. The second-order valence-electron chi connectivity index (χ2n) is 2.69. The number of benzene rings is 1. The molecule has 0 spiro atoms. The van der Waals surface area contributed by atoms with Gasteiger partial charge in [-0.05, 0) is 17.7 Å². The summed E-state index contributed by atoms with van der Waals surface area (Å²) in [4.78, 5) is 10.5. The molecule has 0 saturated carbocycles. The highest BCUT2D eigenvalue weighted by molar-refractivity contribution is 6.67. The van der Waals surface area contributed by atoms with Crippen molar-refractivity contribution in [2.45, 2.75) is 6.18 Å². The summed E-state index contributed by atoms with van der Waals surface area (Å²) in [7, 11) is 0. The summed E-state index contributed by atoms with van der Waals surface area (Å²) in [6.07, 6.45) is -5.25. The van der Waals surface area contributed by atoms with E-state index < -0.39 is 40.0 Å². The fraction of sp³-hybridized carbons (Fsp3) is 0.125. The lowest BCUT2D eigenvalue weighted by atomic mass is 10.1. The first-order valence-corrected chi connectivity index (χ1v) is 3.98. The molecule has 0 amide bonds. The van der Waals surface area contributed by atoms with E-state index in [1.165, 1.54) is 0 Å². The van der Waals surface area contributed by atoms with E-state index in [0.717, 1.165) is 0 Å². The van der Waals surface area contributed by atoms with Gasteiger partial charge >= 0.3 is 6.18 Å². The molecule has 88 valence electrons. The van der Waals surface area contributed by atoms with E-state index in [4.69, 9.17) is 11.6 Å². The molecule has 0 N–H and O–H groups in total. The quantitative estimate of drug-likeness (QED) is 0.430. The molecule has 0 fully saturated rings. The van der Waals surface area contributed by atoms with Crippen molar-refractivity contribution in [1.82, 2.24) is 0 Å². The van der Waals surface area contributed by atoms with E-state index in [9.17, 15) is 31.1 Å². The maximum absolute atomic E-state index is 12.8. The summed E-state index contributed by atoms with van der Waals surface area (Å²) in [6.45, 7) is 0. The molecule has 8 heteroatoms. The molecule has 1 rings (SSSR count). The Labute approximate surface area is 89.6 Å². The second kappa shape index (κ2) is 3.97. The SMILES string of the molecule is O=C(Cl)c1cc(C(F)(F)F)c(F)c(F)c1F. The van der Waals surface area contributed by atoms with Gasteiger partial charge in [0.2, 0.25) is 0 Å². The van der Waals surface area contributed by atoms with Gasteiger partial charge in [0.15, 0.2) is 17.5 Å². The minimum absolute atomic E-state index is 0.178. The fourth-order valence-electron chi connectivity index (χ4n) is 0.953. The Kier molecular flexibility index (Phi) is 3.18. The Hall–Kier alpha value is -1.24. The number of alkyl halides is 3. The van der Waals surface area contributed by atoms with Gasteiger partial charge in [0.25, 0.3) is 5.24 Å². The van der Waals surface area contributed by atoms with Gasteiger partial charge in [-0.1, -0.05) is 0 Å². The number of halogens is 7. The molecule has 0 heterocycles. The zero-order valence-electron chi connectivity index (χ0n) is 7.13. The highest BCUT2D eigenvalue weighted by atomic mass is 35.5. The molecule has 0 aliphatic carbocycles. The van der Waals surface area contributed by atoms with Crippen LogP contribution in [0, 0.1) is 17.5 Å². The van der Waals surface area contributed by atoms with Crippen molar-refractivity contribution in [3.63, 3.8) is 0 Å². The Balaban J connectivity index is 3.61. The molecular weight excluding hydrogens is 262 g/mol. The number of carbonyl (C=O) groups is 1. The number of hydrogen-bond acceptors (Lipinski definition) is 1. The Bertz CT molecular complexity index is 453. The summed E-state index contributed by atoms with van der Waals surface area (Å²) >= 11 is 4.72. The minimum Gasteiger partial charge on any atom is -0.275 e. The largest absolute Gasteiger partial charge is 0.419 e. The average molecular weight is 263 g/mol. The topological polar surface area (TPSA) is 17.1 Å². The van der Waals surface area contributed by atoms with E-state index in [2.05, 4.69) is 0 Å². The predicted molar refractivity (Wildman–Crippen MR) is 41.5 cm³/mol. The van der Waals surface area contributed by atoms with Gasteiger partial charge in [-0.25, -0.2) is 13.2 Å². The van der Waals surface area contributed by atoms with Gasteiger partial charge < -0.3 is 0 Å². The summed E-state index contributed by atoms with van der Waals surface area (Å²) in [5.74, 6) is -6.85. The molecule has 0 aliphatic heterocycles. The van der Waals surface area contributed by atoms with Crippen LogP contribution in [0.25, 0.3) is 0 Å². The minimum atomic E-state index is -5.25. The van der Waals surface area contributed by atoms with Gasteiger partial charge in [0.1, 0.15) is 0 Å². The maximum Gasteiger partial charge on any atom is 0.419 e. The smallest absolute Gasteiger partial charge is 0.275 e. The lowest BCUT2D eigenvalue weighted by Gasteiger charge is -2.10. The van der Waals surface area contributed by atoms with Gasteiger partial charge in [-0.3, -0.25) is 4.79 Å². The van der Waals surface area contributed by atoms with Crippen molar-refractivity contribution in [1.29, 1.82) is 0 Å². The third-order valence-electron chi connectivity index (χ3n) is 1.66. The van der Waals surface area contributed by atoms with E-state index in [-0.39, 0.29) is 6.07 Å². The molecule has 0 saturated heterocycles. The fourth-order valence-corrected chi connectivity index (χ4v) is 1.09. The molecular formula is C8HClF6O. The number of hydrogen-bond donors (Lipinski definition) is 0. The first kappa shape index (κ1) is 12.8. The molecule has 0 bridgehead atoms. The van der Waals surface area contributed by atoms with Gasteiger partial charge in [0, 0.05) is 0 Å². The van der Waals surface area contributed by atoms with E-state index in [1.807, 2.05) is 0 Å². The van der Waals surface area contributed by atoms with Gasteiger partial charge in [0.05, 0.1) is 11.1 Å². The molecule has 1 aromatic carbocycles. The average Bonchev–Trinajstić information content (AvgIpc) is 2.11. The Morgan fingerprint density at radius 1 is 1.06 bits per heavy atom. The molecule has 0 atom stereocenters. The van der Waals surface area contributed by atoms with E-state index in [1.54, 1.807) is 0 Å². The Morgan fingerprint density at radius 2 is 1.56 bits per heavy atom. The van der Waals surface area contributed by atoms with Crippen LogP contribution in [0.3, 0.4) is 0 Å². The first-order valence-electron chi connectivity index (χ1n) is 3.60. The summed E-state index contributed by atoms with van der Waals surface area (Å²) < 4.78 is 74.5. The first-order chi connectivity index (χ1) is 7.16. The normalized spacial score (nSPS) is 11.7. The van der Waals surface area contributed by atoms with Crippen molar-refractivity contribution in [3.05, 3.63) is 34.6 Å². The van der Waals surface area contributed by atoms with Crippen LogP contribution in [0.5, 0.6) is 0 Å². The zero-order chi connectivity index (χ0) is 12.7. The molecule has 16 heavy (non-hydrogen) atoms. The summed E-state index contributed by atoms with van der Waals surface area (Å²) in [5, 5.41) is -1.65. The van der Waals surface area contributed by atoms with Crippen molar-refractivity contribution in [3.8, 4) is 0 Å². The van der Waals surface area contributed by atoms with Crippen molar-refractivity contribution < 1.29 is 31.1 Å². The lowest BCUT2D eigenvalue weighted by molar-refractivity contribution is -0.140.